The van der Waals surface area contributed by atoms with Gasteiger partial charge in [-0.2, -0.15) is 0 Å². The molecular weight excluding hydrogens is 1010 g/mol. The number of para-hydroxylation sites is 1. The third-order valence-electron chi connectivity index (χ3n) is 16.1. The Morgan fingerprint density at radius 2 is 1.40 bits per heavy atom. The number of benzene rings is 7. The van der Waals surface area contributed by atoms with Crippen LogP contribution in [0.1, 0.15) is 75.7 Å². The van der Waals surface area contributed by atoms with E-state index in [1.807, 2.05) is 157 Å². The quantitative estimate of drug-likeness (QED) is 0.0887. The van der Waals surface area contributed by atoms with Crippen molar-refractivity contribution >= 4 is 29.5 Å². The maximum atomic E-state index is 17.1. The summed E-state index contributed by atoms with van der Waals surface area (Å²) in [6.45, 7) is 3.65. The third kappa shape index (κ3) is 9.34. The van der Waals surface area contributed by atoms with Gasteiger partial charge in [-0.15, -0.1) is 0 Å². The van der Waals surface area contributed by atoms with Crippen LogP contribution in [0.4, 0.5) is 10.5 Å². The monoisotopic (exact) mass is 1070 g/mol. The van der Waals surface area contributed by atoms with Gasteiger partial charge in [0.2, 0.25) is 18.6 Å². The molecule has 1 spiro atoms. The predicted molar refractivity (Wildman–Crippen MR) is 298 cm³/mol. The number of morpholine rings is 1. The molecule has 2 N–H and O–H groups in total. The summed E-state index contributed by atoms with van der Waals surface area (Å²) >= 11 is 0. The van der Waals surface area contributed by atoms with E-state index in [0.717, 1.165) is 21.6 Å². The average molecular weight is 1070 g/mol. The second-order valence-corrected chi connectivity index (χ2v) is 20.6. The fraction of sp³-hybridized carbons (Fsp3) is 0.262. The van der Waals surface area contributed by atoms with Gasteiger partial charge >= 0.3 is 12.0 Å². The van der Waals surface area contributed by atoms with Crippen molar-refractivity contribution < 1.29 is 48.0 Å². The SMILES string of the molecule is COc1ccc(C#Cc2ccc3c(c2)[C@]2(C(=O)N3C(=O)N[C@H](C)c3ccccc3)[C@H](C(=O)N3CCN(Cc4ccc5c(c4)OCO5)CC3)[C@H]3C(=O)O[C@H](c4ccccc4)[C@H](c4ccccc4)N3[C@@H]2c2ccccc2OCCO)cc1. The molecule has 0 radical (unpaired) electrons. The fourth-order valence-electron chi connectivity index (χ4n) is 12.4. The molecule has 5 aliphatic rings. The van der Waals surface area contributed by atoms with Crippen LogP contribution in [0.5, 0.6) is 23.0 Å². The molecule has 15 nitrogen and oxygen atoms in total. The van der Waals surface area contributed by atoms with E-state index in [9.17, 15) is 5.11 Å². The highest BCUT2D eigenvalue weighted by Crippen LogP contribution is 2.67. The van der Waals surface area contributed by atoms with Gasteiger partial charge in [0.25, 0.3) is 0 Å². The Bertz CT molecular complexity index is 3510. The zero-order valence-electron chi connectivity index (χ0n) is 44.3. The molecule has 7 aromatic carbocycles. The molecule has 0 aromatic heterocycles. The third-order valence-corrected chi connectivity index (χ3v) is 16.1. The van der Waals surface area contributed by atoms with Crippen LogP contribution >= 0.6 is 0 Å². The van der Waals surface area contributed by atoms with Crippen molar-refractivity contribution in [1.82, 2.24) is 20.0 Å². The van der Waals surface area contributed by atoms with E-state index in [2.05, 4.69) is 22.1 Å². The molecule has 12 rings (SSSR count). The zero-order valence-corrected chi connectivity index (χ0v) is 44.3. The highest BCUT2D eigenvalue weighted by molar-refractivity contribution is 6.25. The van der Waals surface area contributed by atoms with Gasteiger partial charge in [0.05, 0.1) is 43.4 Å². The smallest absolute Gasteiger partial charge is 0.329 e. The molecule has 5 heterocycles. The van der Waals surface area contributed by atoms with Crippen LogP contribution in [0.25, 0.3) is 0 Å². The lowest BCUT2D eigenvalue weighted by atomic mass is 9.64. The molecule has 7 aromatic rings. The van der Waals surface area contributed by atoms with Crippen LogP contribution in [-0.4, -0.2) is 103 Å². The Morgan fingerprint density at radius 1 is 0.738 bits per heavy atom. The van der Waals surface area contributed by atoms with Crippen molar-refractivity contribution in [2.24, 2.45) is 5.92 Å². The Balaban J connectivity index is 1.08. The van der Waals surface area contributed by atoms with Crippen molar-refractivity contribution in [1.29, 1.82) is 0 Å². The lowest BCUT2D eigenvalue weighted by Gasteiger charge is -2.46. The number of carbonyl (C=O) groups excluding carboxylic acids is 4. The Morgan fingerprint density at radius 3 is 2.12 bits per heavy atom. The number of nitrogens with zero attached hydrogens (tertiary/aromatic N) is 4. The number of amides is 4. The van der Waals surface area contributed by atoms with Crippen LogP contribution in [0.2, 0.25) is 0 Å². The van der Waals surface area contributed by atoms with Crippen LogP contribution in [-0.2, 0) is 31.1 Å². The first-order chi connectivity index (χ1) is 39.2. The minimum atomic E-state index is -2.07. The number of methoxy groups -OCH3 is 1. The molecule has 404 valence electrons. The topological polar surface area (TPSA) is 160 Å². The van der Waals surface area contributed by atoms with Gasteiger partial charge in [0, 0.05) is 49.4 Å². The van der Waals surface area contributed by atoms with Crippen LogP contribution < -0.4 is 29.2 Å². The number of carbonyl (C=O) groups is 4. The van der Waals surface area contributed by atoms with Crippen LogP contribution in [0, 0.1) is 17.8 Å². The van der Waals surface area contributed by atoms with Gasteiger partial charge < -0.3 is 39.0 Å². The maximum Gasteiger partial charge on any atom is 0.329 e. The summed E-state index contributed by atoms with van der Waals surface area (Å²) in [5.74, 6) is 5.60. The van der Waals surface area contributed by atoms with Crippen LogP contribution in [0.3, 0.4) is 0 Å². The highest BCUT2D eigenvalue weighted by Gasteiger charge is 2.76. The molecule has 5 aliphatic heterocycles. The molecule has 3 fully saturated rings. The number of urea groups is 1. The van der Waals surface area contributed by atoms with Crippen molar-refractivity contribution in [3.05, 3.63) is 220 Å². The van der Waals surface area contributed by atoms with Gasteiger partial charge in [-0.1, -0.05) is 127 Å². The summed E-state index contributed by atoms with van der Waals surface area (Å²) in [7, 11) is 1.60. The number of hydrogen-bond acceptors (Lipinski definition) is 12. The first-order valence-corrected chi connectivity index (χ1v) is 27.0. The molecule has 7 atom stereocenters. The average Bonchev–Trinajstić information content (AvgIpc) is 3.51. The number of fused-ring (bicyclic) bond motifs is 4. The van der Waals surface area contributed by atoms with Crippen molar-refractivity contribution in [2.45, 2.75) is 49.2 Å². The standard InChI is InChI=1S/C65H59N5O10/c1-42(46-14-6-3-7-15-46)66-64(75)69-52-30-26-44(23-22-43-24-28-49(76-2)29-25-43)38-51(52)65(63(69)74)56(61(72)68-34-32-67(33-35-68)40-45-27-31-54-55(39-45)79-41-78-54)58-62(73)80-59(48-18-10-5-11-19-48)57(47-16-8-4-9-17-47)70(58)60(65)50-20-12-13-21-53(50)77-37-36-71/h3-21,24-31,38-39,42,56-60,71H,32-37,40-41H2,1-2H3,(H,66,75)/t42-,56+,57+,58+,59-,60-,65+/m1/s1. The Hall–Kier alpha value is -8.94. The Kier molecular flexibility index (Phi) is 14.3. The number of piperazine rings is 1. The lowest BCUT2D eigenvalue weighted by molar-refractivity contribution is -0.179. The maximum absolute atomic E-state index is 17.1. The molecule has 80 heavy (non-hydrogen) atoms. The summed E-state index contributed by atoms with van der Waals surface area (Å²) in [6, 6.07) is 49.6. The number of esters is 1. The van der Waals surface area contributed by atoms with E-state index in [1.165, 1.54) is 0 Å². The number of nitrogens with one attached hydrogen (secondary N) is 1. The molecule has 4 amide bonds. The van der Waals surface area contributed by atoms with E-state index in [-0.39, 0.29) is 38.8 Å². The molecule has 0 unspecified atom stereocenters. The molecule has 0 saturated carbocycles. The van der Waals surface area contributed by atoms with Gasteiger partial charge in [-0.3, -0.25) is 24.2 Å². The first-order valence-electron chi connectivity index (χ1n) is 27.0. The van der Waals surface area contributed by atoms with E-state index in [1.54, 1.807) is 42.3 Å². The summed E-state index contributed by atoms with van der Waals surface area (Å²) < 4.78 is 29.9. The van der Waals surface area contributed by atoms with Gasteiger partial charge in [0.15, 0.2) is 11.5 Å². The molecule has 0 aliphatic carbocycles. The number of aliphatic hydroxyl groups excluding tert-OH is 1. The second kappa shape index (κ2) is 22.1. The molecule has 15 heteroatoms. The van der Waals surface area contributed by atoms with Gasteiger partial charge in [0.1, 0.15) is 35.7 Å². The molecule has 0 bridgehead atoms. The van der Waals surface area contributed by atoms with E-state index in [4.69, 9.17) is 23.7 Å². The number of anilines is 1. The second-order valence-electron chi connectivity index (χ2n) is 20.6. The predicted octanol–water partition coefficient (Wildman–Crippen LogP) is 8.68. The minimum absolute atomic E-state index is 0.0998. The zero-order chi connectivity index (χ0) is 54.9. The van der Waals surface area contributed by atoms with E-state index < -0.39 is 65.4 Å². The van der Waals surface area contributed by atoms with Crippen molar-refractivity contribution in [3.63, 3.8) is 0 Å². The Labute approximate surface area is 464 Å². The largest absolute Gasteiger partial charge is 0.497 e. The first kappa shape index (κ1) is 51.8. The minimum Gasteiger partial charge on any atom is -0.497 e. The van der Waals surface area contributed by atoms with Crippen LogP contribution in [0.15, 0.2) is 176 Å². The summed E-state index contributed by atoms with van der Waals surface area (Å²) in [6.07, 6.45) is -0.940. The molecule has 3 saturated heterocycles. The summed E-state index contributed by atoms with van der Waals surface area (Å²) in [5.41, 5.74) is 3.44. The van der Waals surface area contributed by atoms with E-state index in [0.29, 0.717) is 70.4 Å². The van der Waals surface area contributed by atoms with E-state index >= 15 is 19.2 Å². The fourth-order valence-corrected chi connectivity index (χ4v) is 12.4. The van der Waals surface area contributed by atoms with Crippen molar-refractivity contribution in [2.75, 3.05) is 58.2 Å². The number of ether oxygens (including phenoxy) is 5. The lowest BCUT2D eigenvalue weighted by Crippen LogP contribution is -2.59. The van der Waals surface area contributed by atoms with Crippen molar-refractivity contribution in [3.8, 4) is 34.8 Å². The number of rotatable bonds is 12. The van der Waals surface area contributed by atoms with Gasteiger partial charge in [-0.25, -0.2) is 9.69 Å². The number of cyclic esters (lactones) is 1. The number of hydrogen-bond donors (Lipinski definition) is 2. The highest BCUT2D eigenvalue weighted by atomic mass is 16.7. The number of imide groups is 1. The molecular formula is C65H59N5O10. The normalized spacial score (nSPS) is 22.4. The summed E-state index contributed by atoms with van der Waals surface area (Å²) in [5, 5.41) is 13.4. The number of aliphatic hydroxyl groups is 1. The summed E-state index contributed by atoms with van der Waals surface area (Å²) in [4.78, 5) is 72.3. The van der Waals surface area contributed by atoms with Gasteiger partial charge in [-0.05, 0) is 95.4 Å².